The minimum Gasteiger partial charge on any atom is -0.372 e. The van der Waals surface area contributed by atoms with Crippen LogP contribution in [-0.2, 0) is 6.42 Å². The van der Waals surface area contributed by atoms with E-state index in [1.54, 1.807) is 4.52 Å². The molecule has 3 aromatic rings. The van der Waals surface area contributed by atoms with Crippen molar-refractivity contribution in [2.75, 3.05) is 24.5 Å². The van der Waals surface area contributed by atoms with Crippen molar-refractivity contribution in [3.63, 3.8) is 0 Å². The molecule has 1 amide bonds. The summed E-state index contributed by atoms with van der Waals surface area (Å²) in [5, 5.41) is 4.51. The molecule has 1 aliphatic heterocycles. The van der Waals surface area contributed by atoms with Crippen molar-refractivity contribution < 1.29 is 4.79 Å². The summed E-state index contributed by atoms with van der Waals surface area (Å²) in [6.45, 7) is 9.10. The fourth-order valence-corrected chi connectivity index (χ4v) is 4.55. The lowest BCUT2D eigenvalue weighted by Gasteiger charge is -2.38. The molecule has 1 unspecified atom stereocenters. The molecule has 0 saturated heterocycles. The van der Waals surface area contributed by atoms with Crippen LogP contribution in [0.5, 0.6) is 0 Å². The van der Waals surface area contributed by atoms with Crippen molar-refractivity contribution in [1.82, 2.24) is 14.5 Å². The third kappa shape index (κ3) is 3.20. The van der Waals surface area contributed by atoms with E-state index in [4.69, 9.17) is 0 Å². The summed E-state index contributed by atoms with van der Waals surface area (Å²) in [4.78, 5) is 17.7. The summed E-state index contributed by atoms with van der Waals surface area (Å²) in [5.41, 5.74) is 5.28. The topological polar surface area (TPSA) is 40.9 Å². The molecule has 1 aliphatic rings. The van der Waals surface area contributed by atoms with Gasteiger partial charge in [0.1, 0.15) is 0 Å². The fraction of sp³-hybridized carbons (Fsp3) is 0.364. The van der Waals surface area contributed by atoms with E-state index in [0.717, 1.165) is 29.5 Å². The first-order valence-electron chi connectivity index (χ1n) is 9.86. The number of anilines is 1. The molecule has 0 saturated carbocycles. The Labute approximate surface area is 174 Å². The number of pyridine rings is 1. The Morgan fingerprint density at radius 1 is 1.25 bits per heavy atom. The van der Waals surface area contributed by atoms with Crippen molar-refractivity contribution >= 4 is 33.0 Å². The Kier molecular flexibility index (Phi) is 5.15. The molecule has 6 heteroatoms. The summed E-state index contributed by atoms with van der Waals surface area (Å²) >= 11 is 3.46. The van der Waals surface area contributed by atoms with E-state index >= 15 is 0 Å². The van der Waals surface area contributed by atoms with Gasteiger partial charge in [-0.05, 0) is 73.0 Å². The molecular formula is C22H25BrN4O. The van der Waals surface area contributed by atoms with Gasteiger partial charge in [0.2, 0.25) is 0 Å². The van der Waals surface area contributed by atoms with Crippen LogP contribution in [0, 0.1) is 0 Å². The molecule has 1 atom stereocenters. The molecule has 0 bridgehead atoms. The zero-order valence-corrected chi connectivity index (χ0v) is 18.1. The average Bonchev–Trinajstić information content (AvgIpc) is 3.12. The van der Waals surface area contributed by atoms with Gasteiger partial charge in [-0.25, -0.2) is 4.52 Å². The Morgan fingerprint density at radius 2 is 2.04 bits per heavy atom. The Bertz CT molecular complexity index is 1020. The molecular weight excluding hydrogens is 416 g/mol. The van der Waals surface area contributed by atoms with Gasteiger partial charge in [0.25, 0.3) is 5.91 Å². The molecule has 1 aromatic carbocycles. The second-order valence-electron chi connectivity index (χ2n) is 7.19. The summed E-state index contributed by atoms with van der Waals surface area (Å²) in [7, 11) is 0. The molecule has 146 valence electrons. The summed E-state index contributed by atoms with van der Waals surface area (Å²) < 4.78 is 2.69. The molecule has 0 N–H and O–H groups in total. The van der Waals surface area contributed by atoms with Gasteiger partial charge in [0.05, 0.1) is 11.6 Å². The normalized spacial score (nSPS) is 16.3. The lowest BCUT2D eigenvalue weighted by Crippen LogP contribution is -2.40. The molecule has 3 heterocycles. The second-order valence-corrected chi connectivity index (χ2v) is 8.11. The third-order valence-corrected chi connectivity index (χ3v) is 6.16. The lowest BCUT2D eigenvalue weighted by atomic mass is 9.91. The maximum Gasteiger partial charge on any atom is 0.274 e. The number of benzene rings is 1. The SMILES string of the molecule is CCN(CC)c1cccc2c1C(C)N(C(=O)c1cc3ccc(Br)cn3n1)CC2. The van der Waals surface area contributed by atoms with Crippen LogP contribution in [0.1, 0.15) is 48.4 Å². The van der Waals surface area contributed by atoms with E-state index in [9.17, 15) is 4.79 Å². The van der Waals surface area contributed by atoms with E-state index in [1.807, 2.05) is 29.3 Å². The molecule has 0 radical (unpaired) electrons. The monoisotopic (exact) mass is 440 g/mol. The van der Waals surface area contributed by atoms with Crippen LogP contribution in [0.3, 0.4) is 0 Å². The standard InChI is InChI=1S/C22H25BrN4O/c1-4-25(5-2)20-8-6-7-16-11-12-26(15(3)21(16)20)22(28)19-13-18-10-9-17(23)14-27(18)24-19/h6-10,13-15H,4-5,11-12H2,1-3H3. The van der Waals surface area contributed by atoms with Crippen LogP contribution < -0.4 is 4.90 Å². The largest absolute Gasteiger partial charge is 0.372 e. The molecule has 2 aromatic heterocycles. The predicted molar refractivity (Wildman–Crippen MR) is 116 cm³/mol. The van der Waals surface area contributed by atoms with E-state index in [0.29, 0.717) is 12.2 Å². The highest BCUT2D eigenvalue weighted by molar-refractivity contribution is 9.10. The van der Waals surface area contributed by atoms with E-state index in [-0.39, 0.29) is 11.9 Å². The van der Waals surface area contributed by atoms with Gasteiger partial charge in [-0.3, -0.25) is 4.79 Å². The van der Waals surface area contributed by atoms with Crippen LogP contribution in [0.15, 0.2) is 47.1 Å². The number of aromatic nitrogens is 2. The van der Waals surface area contributed by atoms with Gasteiger partial charge in [-0.2, -0.15) is 5.10 Å². The van der Waals surface area contributed by atoms with Crippen molar-refractivity contribution in [2.45, 2.75) is 33.2 Å². The van der Waals surface area contributed by atoms with Gasteiger partial charge < -0.3 is 9.80 Å². The zero-order chi connectivity index (χ0) is 19.8. The van der Waals surface area contributed by atoms with Crippen molar-refractivity contribution in [3.05, 3.63) is 63.9 Å². The van der Waals surface area contributed by atoms with E-state index in [1.165, 1.54) is 16.8 Å². The smallest absolute Gasteiger partial charge is 0.274 e. The van der Waals surface area contributed by atoms with Crippen LogP contribution in [0.2, 0.25) is 0 Å². The Balaban J connectivity index is 1.70. The number of amides is 1. The number of hydrogen-bond donors (Lipinski definition) is 0. The first-order chi connectivity index (χ1) is 13.5. The van der Waals surface area contributed by atoms with Crippen molar-refractivity contribution in [2.24, 2.45) is 0 Å². The number of nitrogens with zero attached hydrogens (tertiary/aromatic N) is 4. The predicted octanol–water partition coefficient (Wildman–Crippen LogP) is 4.70. The maximum absolute atomic E-state index is 13.3. The first-order valence-corrected chi connectivity index (χ1v) is 10.7. The van der Waals surface area contributed by atoms with Crippen LogP contribution in [0.4, 0.5) is 5.69 Å². The van der Waals surface area contributed by atoms with Gasteiger partial charge >= 0.3 is 0 Å². The van der Waals surface area contributed by atoms with E-state index < -0.39 is 0 Å². The quantitative estimate of drug-likeness (QED) is 0.589. The van der Waals surface area contributed by atoms with Gasteiger partial charge in [0, 0.05) is 41.6 Å². The third-order valence-electron chi connectivity index (χ3n) is 5.69. The van der Waals surface area contributed by atoms with Crippen molar-refractivity contribution in [1.29, 1.82) is 0 Å². The number of rotatable bonds is 4. The number of hydrogen-bond acceptors (Lipinski definition) is 3. The number of fused-ring (bicyclic) bond motifs is 2. The molecule has 28 heavy (non-hydrogen) atoms. The lowest BCUT2D eigenvalue weighted by molar-refractivity contribution is 0.0671. The first kappa shape index (κ1) is 19.0. The molecule has 5 nitrogen and oxygen atoms in total. The summed E-state index contributed by atoms with van der Waals surface area (Å²) in [5.74, 6) is -0.00711. The molecule has 0 spiro atoms. The van der Waals surface area contributed by atoms with Crippen LogP contribution in [-0.4, -0.2) is 40.1 Å². The minimum absolute atomic E-state index is 0.00711. The highest BCUT2D eigenvalue weighted by Crippen LogP contribution is 2.37. The van der Waals surface area contributed by atoms with Gasteiger partial charge in [-0.1, -0.05) is 12.1 Å². The molecule has 4 rings (SSSR count). The van der Waals surface area contributed by atoms with Crippen LogP contribution >= 0.6 is 15.9 Å². The second kappa shape index (κ2) is 7.59. The minimum atomic E-state index is -0.00711. The van der Waals surface area contributed by atoms with Crippen molar-refractivity contribution in [3.8, 4) is 0 Å². The molecule has 0 aliphatic carbocycles. The summed E-state index contributed by atoms with van der Waals surface area (Å²) in [6, 6.07) is 12.3. The zero-order valence-electron chi connectivity index (χ0n) is 16.5. The van der Waals surface area contributed by atoms with E-state index in [2.05, 4.69) is 64.9 Å². The van der Waals surface area contributed by atoms with Crippen LogP contribution in [0.25, 0.3) is 5.52 Å². The molecule has 0 fully saturated rings. The number of carbonyl (C=O) groups excluding carboxylic acids is 1. The number of carbonyl (C=O) groups is 1. The Hall–Kier alpha value is -2.34. The number of halogens is 1. The highest BCUT2D eigenvalue weighted by atomic mass is 79.9. The average molecular weight is 441 g/mol. The van der Waals surface area contributed by atoms with Gasteiger partial charge in [-0.15, -0.1) is 0 Å². The summed E-state index contributed by atoms with van der Waals surface area (Å²) in [6.07, 6.45) is 2.75. The Morgan fingerprint density at radius 3 is 2.79 bits per heavy atom. The highest BCUT2D eigenvalue weighted by Gasteiger charge is 2.32. The van der Waals surface area contributed by atoms with Gasteiger partial charge in [0.15, 0.2) is 5.69 Å². The maximum atomic E-state index is 13.3. The fourth-order valence-electron chi connectivity index (χ4n) is 4.22.